The number of aromatic nitrogens is 3. The first-order valence-electron chi connectivity index (χ1n) is 9.23. The second-order valence-electron chi connectivity index (χ2n) is 7.19. The van der Waals surface area contributed by atoms with Crippen LogP contribution in [0.5, 0.6) is 0 Å². The van der Waals surface area contributed by atoms with Gasteiger partial charge in [0.2, 0.25) is 5.95 Å². The van der Waals surface area contributed by atoms with E-state index in [1.54, 1.807) is 18.3 Å². The summed E-state index contributed by atoms with van der Waals surface area (Å²) in [6.45, 7) is 2.00. The van der Waals surface area contributed by atoms with Gasteiger partial charge in [0.05, 0.1) is 16.8 Å². The Hall–Kier alpha value is -2.48. The number of benzene rings is 1. The van der Waals surface area contributed by atoms with Crippen molar-refractivity contribution in [3.05, 3.63) is 46.9 Å². The Morgan fingerprint density at radius 1 is 1.46 bits per heavy atom. The number of carbonyl (C=O) groups is 1. The lowest BCUT2D eigenvalue weighted by molar-refractivity contribution is -0.159. The van der Waals surface area contributed by atoms with Crippen molar-refractivity contribution >= 4 is 44.6 Å². The number of rotatable bonds is 6. The molecule has 0 aliphatic heterocycles. The largest absolute Gasteiger partial charge is 0.481 e. The number of fused-ring (bicyclic) bond motifs is 1. The second-order valence-corrected chi connectivity index (χ2v) is 8.04. The Morgan fingerprint density at radius 3 is 2.86 bits per heavy atom. The molecule has 0 saturated heterocycles. The molecule has 0 spiro atoms. The molecule has 2 aromatic heterocycles. The van der Waals surface area contributed by atoms with Crippen molar-refractivity contribution < 1.29 is 14.3 Å². The Morgan fingerprint density at radius 2 is 2.25 bits per heavy atom. The standard InChI is InChI=1S/C20H20BrFN4O2/c1-2-16(20(18(27)28)7-4-8-20)26-11-15(21)14-10-23-19(25-17(14)26)24-13-6-3-5-12(22)9-13/h3,5-6,9-11,16H,2,4,7-8H2,1H3,(H,27,28)(H,23,24,25). The summed E-state index contributed by atoms with van der Waals surface area (Å²) in [6.07, 6.45) is 6.51. The van der Waals surface area contributed by atoms with Crippen LogP contribution in [0.4, 0.5) is 16.0 Å². The molecule has 8 heteroatoms. The van der Waals surface area contributed by atoms with Gasteiger partial charge in [-0.25, -0.2) is 9.37 Å². The number of carboxylic acid groups (broad SMARTS) is 1. The molecule has 2 N–H and O–H groups in total. The molecule has 6 nitrogen and oxygen atoms in total. The smallest absolute Gasteiger partial charge is 0.311 e. The van der Waals surface area contributed by atoms with Crippen LogP contribution in [-0.2, 0) is 4.79 Å². The molecule has 146 valence electrons. The molecule has 1 aliphatic rings. The normalized spacial score (nSPS) is 16.5. The SMILES string of the molecule is CCC(n1cc(Br)c2cnc(Nc3cccc(F)c3)nc21)C1(C(=O)O)CCC1. The molecule has 0 amide bonds. The Kier molecular flexibility index (Phi) is 4.82. The minimum atomic E-state index is -0.763. The van der Waals surface area contributed by atoms with Crippen molar-refractivity contribution in [2.45, 2.75) is 38.6 Å². The summed E-state index contributed by atoms with van der Waals surface area (Å²) >= 11 is 3.54. The molecule has 4 rings (SSSR count). The summed E-state index contributed by atoms with van der Waals surface area (Å²) in [6, 6.07) is 5.87. The Labute approximate surface area is 169 Å². The molecule has 3 aromatic rings. The predicted molar refractivity (Wildman–Crippen MR) is 108 cm³/mol. The first-order valence-corrected chi connectivity index (χ1v) is 10.0. The van der Waals surface area contributed by atoms with Gasteiger partial charge in [0.1, 0.15) is 11.5 Å². The average Bonchev–Trinajstić information content (AvgIpc) is 2.93. The van der Waals surface area contributed by atoms with E-state index in [-0.39, 0.29) is 11.9 Å². The zero-order chi connectivity index (χ0) is 19.9. The van der Waals surface area contributed by atoms with E-state index in [0.717, 1.165) is 16.3 Å². The molecular formula is C20H20BrFN4O2. The molecule has 0 radical (unpaired) electrons. The van der Waals surface area contributed by atoms with Crippen LogP contribution < -0.4 is 5.32 Å². The Bertz CT molecular complexity index is 1050. The highest BCUT2D eigenvalue weighted by Gasteiger charge is 2.51. The third-order valence-corrected chi connectivity index (χ3v) is 6.27. The van der Waals surface area contributed by atoms with Gasteiger partial charge in [-0.15, -0.1) is 0 Å². The minimum Gasteiger partial charge on any atom is -0.481 e. The topological polar surface area (TPSA) is 80.0 Å². The van der Waals surface area contributed by atoms with Crippen LogP contribution >= 0.6 is 15.9 Å². The highest BCUT2D eigenvalue weighted by atomic mass is 79.9. The van der Waals surface area contributed by atoms with Crippen LogP contribution in [-0.4, -0.2) is 25.6 Å². The van der Waals surface area contributed by atoms with Crippen molar-refractivity contribution in [3.63, 3.8) is 0 Å². The van der Waals surface area contributed by atoms with Crippen LogP contribution in [0.2, 0.25) is 0 Å². The fourth-order valence-electron chi connectivity index (χ4n) is 4.09. The van der Waals surface area contributed by atoms with Gasteiger partial charge in [-0.3, -0.25) is 4.79 Å². The fourth-order valence-corrected chi connectivity index (χ4v) is 4.59. The Balaban J connectivity index is 1.77. The highest BCUT2D eigenvalue weighted by molar-refractivity contribution is 9.10. The van der Waals surface area contributed by atoms with E-state index in [1.165, 1.54) is 12.1 Å². The average molecular weight is 447 g/mol. The fraction of sp³-hybridized carbons (Fsp3) is 0.350. The van der Waals surface area contributed by atoms with E-state index >= 15 is 0 Å². The third-order valence-electron chi connectivity index (χ3n) is 5.64. The molecule has 1 aliphatic carbocycles. The van der Waals surface area contributed by atoms with Gasteiger partial charge in [0.25, 0.3) is 0 Å². The van der Waals surface area contributed by atoms with E-state index in [4.69, 9.17) is 0 Å². The van der Waals surface area contributed by atoms with Crippen molar-refractivity contribution in [2.24, 2.45) is 5.41 Å². The van der Waals surface area contributed by atoms with Gasteiger partial charge >= 0.3 is 5.97 Å². The second kappa shape index (κ2) is 7.16. The number of nitrogens with one attached hydrogen (secondary N) is 1. The maximum Gasteiger partial charge on any atom is 0.311 e. The van der Waals surface area contributed by atoms with Crippen molar-refractivity contribution in [1.29, 1.82) is 0 Å². The quantitative estimate of drug-likeness (QED) is 0.537. The lowest BCUT2D eigenvalue weighted by Crippen LogP contribution is -2.45. The molecule has 2 heterocycles. The van der Waals surface area contributed by atoms with Gasteiger partial charge in [-0.2, -0.15) is 4.98 Å². The van der Waals surface area contributed by atoms with Crippen molar-refractivity contribution in [3.8, 4) is 0 Å². The maximum atomic E-state index is 13.4. The van der Waals surface area contributed by atoms with E-state index in [0.29, 0.717) is 36.5 Å². The summed E-state index contributed by atoms with van der Waals surface area (Å²) in [4.78, 5) is 21.0. The number of hydrogen-bond acceptors (Lipinski definition) is 4. The molecule has 1 atom stereocenters. The molecule has 0 bridgehead atoms. The number of hydrogen-bond donors (Lipinski definition) is 2. The van der Waals surface area contributed by atoms with Crippen molar-refractivity contribution in [1.82, 2.24) is 14.5 Å². The van der Waals surface area contributed by atoms with Crippen molar-refractivity contribution in [2.75, 3.05) is 5.32 Å². The van der Waals surface area contributed by atoms with E-state index in [1.807, 2.05) is 17.7 Å². The summed E-state index contributed by atoms with van der Waals surface area (Å²) in [5.41, 5.74) is 0.436. The number of carboxylic acids is 1. The molecule has 1 aromatic carbocycles. The number of aliphatic carboxylic acids is 1. The highest BCUT2D eigenvalue weighted by Crippen LogP contribution is 2.52. The van der Waals surface area contributed by atoms with Crippen LogP contribution in [0.1, 0.15) is 38.6 Å². The first-order chi connectivity index (χ1) is 13.4. The molecular weight excluding hydrogens is 427 g/mol. The summed E-state index contributed by atoms with van der Waals surface area (Å²) in [5.74, 6) is -0.773. The van der Waals surface area contributed by atoms with Gasteiger partial charge in [-0.1, -0.05) is 19.4 Å². The number of halogens is 2. The third kappa shape index (κ3) is 3.05. The van der Waals surface area contributed by atoms with Gasteiger partial charge < -0.3 is 15.0 Å². The zero-order valence-electron chi connectivity index (χ0n) is 15.3. The van der Waals surface area contributed by atoms with Crippen LogP contribution in [0, 0.1) is 11.2 Å². The first kappa shape index (κ1) is 18.9. The number of nitrogens with zero attached hydrogens (tertiary/aromatic N) is 3. The lowest BCUT2D eigenvalue weighted by Gasteiger charge is -2.44. The maximum absolute atomic E-state index is 13.4. The zero-order valence-corrected chi connectivity index (χ0v) is 16.9. The van der Waals surface area contributed by atoms with E-state index in [9.17, 15) is 14.3 Å². The van der Waals surface area contributed by atoms with Gasteiger partial charge in [0.15, 0.2) is 0 Å². The number of anilines is 2. The van der Waals surface area contributed by atoms with Gasteiger partial charge in [0, 0.05) is 22.6 Å². The molecule has 1 saturated carbocycles. The van der Waals surface area contributed by atoms with Gasteiger partial charge in [-0.05, 0) is 53.4 Å². The summed E-state index contributed by atoms with van der Waals surface area (Å²) < 4.78 is 16.2. The lowest BCUT2D eigenvalue weighted by atomic mass is 9.63. The summed E-state index contributed by atoms with van der Waals surface area (Å²) in [5, 5.41) is 13.7. The predicted octanol–water partition coefficient (Wildman–Crippen LogP) is 5.28. The molecule has 28 heavy (non-hydrogen) atoms. The van der Waals surface area contributed by atoms with Crippen LogP contribution in [0.25, 0.3) is 11.0 Å². The minimum absolute atomic E-state index is 0.204. The monoisotopic (exact) mass is 446 g/mol. The van der Waals surface area contributed by atoms with Crippen LogP contribution in [0.3, 0.4) is 0 Å². The molecule has 1 fully saturated rings. The van der Waals surface area contributed by atoms with E-state index < -0.39 is 11.4 Å². The summed E-state index contributed by atoms with van der Waals surface area (Å²) in [7, 11) is 0. The van der Waals surface area contributed by atoms with E-state index in [2.05, 4.69) is 31.2 Å². The molecule has 1 unspecified atom stereocenters. The van der Waals surface area contributed by atoms with Crippen LogP contribution in [0.15, 0.2) is 41.1 Å².